The molecule has 21 heavy (non-hydrogen) atoms. The topological polar surface area (TPSA) is 37.9 Å². The average molecular weight is 367 g/mol. The Kier molecular flexibility index (Phi) is 5.30. The summed E-state index contributed by atoms with van der Waals surface area (Å²) in [6.45, 7) is 6.73. The molecule has 5 heteroatoms. The fourth-order valence-corrected chi connectivity index (χ4v) is 2.78. The monoisotopic (exact) mass is 366 g/mol. The van der Waals surface area contributed by atoms with E-state index in [0.717, 1.165) is 28.0 Å². The highest BCUT2D eigenvalue weighted by atomic mass is 79.9. The number of ether oxygens (including phenoxy) is 1. The number of aromatic nitrogens is 2. The maximum Gasteiger partial charge on any atom is 0.144 e. The number of halogens is 1. The van der Waals surface area contributed by atoms with Crippen LogP contribution in [-0.4, -0.2) is 16.6 Å². The number of nitrogens with one attached hydrogen (secondary N) is 1. The normalized spacial score (nSPS) is 13.9. The molecule has 0 bridgehead atoms. The predicted octanol–water partition coefficient (Wildman–Crippen LogP) is 5.23. The fraction of sp³-hybridized carbons (Fsp3) is 0.375. The van der Waals surface area contributed by atoms with Crippen molar-refractivity contribution in [1.29, 1.82) is 0 Å². The SMILES string of the molecule is CCOC(C)(CC)c1nc(=S)c(Br)c(-c2ccccc2)[nH]1. The van der Waals surface area contributed by atoms with Crippen molar-refractivity contribution in [3.8, 4) is 11.3 Å². The molecule has 0 saturated carbocycles. The Morgan fingerprint density at radius 1 is 1.29 bits per heavy atom. The molecule has 0 amide bonds. The second kappa shape index (κ2) is 6.81. The summed E-state index contributed by atoms with van der Waals surface area (Å²) in [5, 5.41) is 0. The molecule has 112 valence electrons. The van der Waals surface area contributed by atoms with Crippen LogP contribution in [0.15, 0.2) is 34.8 Å². The van der Waals surface area contributed by atoms with E-state index in [1.54, 1.807) is 0 Å². The summed E-state index contributed by atoms with van der Waals surface area (Å²) >= 11 is 8.94. The lowest BCUT2D eigenvalue weighted by molar-refractivity contribution is -0.0390. The van der Waals surface area contributed by atoms with E-state index in [9.17, 15) is 0 Å². The van der Waals surface area contributed by atoms with Crippen molar-refractivity contribution in [3.63, 3.8) is 0 Å². The van der Waals surface area contributed by atoms with Gasteiger partial charge in [0.1, 0.15) is 16.1 Å². The van der Waals surface area contributed by atoms with Crippen molar-refractivity contribution in [1.82, 2.24) is 9.97 Å². The highest BCUT2D eigenvalue weighted by Gasteiger charge is 2.28. The molecule has 0 aliphatic carbocycles. The third-order valence-electron chi connectivity index (χ3n) is 3.56. The van der Waals surface area contributed by atoms with Crippen LogP contribution in [0.3, 0.4) is 0 Å². The van der Waals surface area contributed by atoms with Gasteiger partial charge < -0.3 is 9.72 Å². The number of nitrogens with zero attached hydrogens (tertiary/aromatic N) is 1. The molecular formula is C16H19BrN2OS. The molecule has 0 aliphatic rings. The Morgan fingerprint density at radius 2 is 1.95 bits per heavy atom. The van der Waals surface area contributed by atoms with Gasteiger partial charge in [0.2, 0.25) is 0 Å². The van der Waals surface area contributed by atoms with Gasteiger partial charge in [0.25, 0.3) is 0 Å². The van der Waals surface area contributed by atoms with Crippen LogP contribution in [0.5, 0.6) is 0 Å². The average Bonchev–Trinajstić information content (AvgIpc) is 2.50. The van der Waals surface area contributed by atoms with Crippen molar-refractivity contribution in [2.24, 2.45) is 0 Å². The van der Waals surface area contributed by atoms with Crippen LogP contribution < -0.4 is 0 Å². The Morgan fingerprint density at radius 3 is 2.52 bits per heavy atom. The minimum absolute atomic E-state index is 0.466. The lowest BCUT2D eigenvalue weighted by Gasteiger charge is -2.27. The molecule has 0 spiro atoms. The minimum atomic E-state index is -0.466. The molecule has 1 aromatic carbocycles. The van der Waals surface area contributed by atoms with Crippen LogP contribution in [-0.2, 0) is 10.3 Å². The van der Waals surface area contributed by atoms with Gasteiger partial charge in [-0.05, 0) is 41.8 Å². The molecule has 3 nitrogen and oxygen atoms in total. The van der Waals surface area contributed by atoms with Gasteiger partial charge >= 0.3 is 0 Å². The summed E-state index contributed by atoms with van der Waals surface area (Å²) in [7, 11) is 0. The lowest BCUT2D eigenvalue weighted by Crippen LogP contribution is -2.28. The first-order valence-electron chi connectivity index (χ1n) is 7.01. The number of benzene rings is 1. The first-order valence-corrected chi connectivity index (χ1v) is 8.21. The van der Waals surface area contributed by atoms with Gasteiger partial charge in [-0.3, -0.25) is 0 Å². The first-order chi connectivity index (χ1) is 10.0. The summed E-state index contributed by atoms with van der Waals surface area (Å²) in [4.78, 5) is 7.90. The van der Waals surface area contributed by atoms with Gasteiger partial charge in [-0.15, -0.1) is 0 Å². The second-order valence-corrected chi connectivity index (χ2v) is 6.14. The van der Waals surface area contributed by atoms with E-state index >= 15 is 0 Å². The zero-order chi connectivity index (χ0) is 15.5. The number of hydrogen-bond acceptors (Lipinski definition) is 3. The molecule has 0 fully saturated rings. The van der Waals surface area contributed by atoms with Crippen molar-refractivity contribution in [2.75, 3.05) is 6.61 Å². The predicted molar refractivity (Wildman–Crippen MR) is 91.8 cm³/mol. The van der Waals surface area contributed by atoms with Crippen LogP contribution in [0.25, 0.3) is 11.3 Å². The van der Waals surface area contributed by atoms with Crippen LogP contribution >= 0.6 is 28.1 Å². The lowest BCUT2D eigenvalue weighted by atomic mass is 10.0. The van der Waals surface area contributed by atoms with E-state index in [1.165, 1.54) is 0 Å². The zero-order valence-electron chi connectivity index (χ0n) is 12.4. The van der Waals surface area contributed by atoms with Gasteiger partial charge in [0.05, 0.1) is 10.2 Å². The quantitative estimate of drug-likeness (QED) is 0.736. The van der Waals surface area contributed by atoms with E-state index in [0.29, 0.717) is 11.2 Å². The summed E-state index contributed by atoms with van der Waals surface area (Å²) in [6.07, 6.45) is 0.814. The van der Waals surface area contributed by atoms with Crippen LogP contribution in [0.1, 0.15) is 33.0 Å². The standard InChI is InChI=1S/C16H19BrN2OS/c1-4-16(3,20-5-2)15-18-13(12(17)14(21)19-15)11-9-7-6-8-10-11/h6-10H,4-5H2,1-3H3,(H,18,19,21). The van der Waals surface area contributed by atoms with Gasteiger partial charge in [0, 0.05) is 6.61 Å². The summed E-state index contributed by atoms with van der Waals surface area (Å²) in [5.41, 5.74) is 1.53. The van der Waals surface area contributed by atoms with Crippen molar-refractivity contribution < 1.29 is 4.74 Å². The maximum atomic E-state index is 5.90. The molecule has 2 aromatic rings. The molecule has 0 saturated heterocycles. The number of aromatic amines is 1. The molecule has 1 N–H and O–H groups in total. The van der Waals surface area contributed by atoms with E-state index < -0.39 is 5.60 Å². The summed E-state index contributed by atoms with van der Waals surface area (Å²) < 4.78 is 7.25. The van der Waals surface area contributed by atoms with Crippen LogP contribution in [0, 0.1) is 4.64 Å². The fourth-order valence-electron chi connectivity index (χ4n) is 2.17. The Bertz CT molecular complexity index is 672. The highest BCUT2D eigenvalue weighted by molar-refractivity contribution is 9.10. The summed E-state index contributed by atoms with van der Waals surface area (Å²) in [5.74, 6) is 0.763. The van der Waals surface area contributed by atoms with Crippen molar-refractivity contribution in [2.45, 2.75) is 32.8 Å². The largest absolute Gasteiger partial charge is 0.368 e. The smallest absolute Gasteiger partial charge is 0.144 e. The Labute approximate surface area is 138 Å². The third kappa shape index (κ3) is 3.42. The molecule has 1 heterocycles. The first kappa shape index (κ1) is 16.3. The van der Waals surface area contributed by atoms with Crippen molar-refractivity contribution >= 4 is 28.1 Å². The van der Waals surface area contributed by atoms with E-state index in [1.807, 2.05) is 44.2 Å². The Hall–Kier alpha value is -1.04. The van der Waals surface area contributed by atoms with E-state index in [4.69, 9.17) is 17.0 Å². The highest BCUT2D eigenvalue weighted by Crippen LogP contribution is 2.32. The second-order valence-electron chi connectivity index (χ2n) is 4.96. The molecular weight excluding hydrogens is 348 g/mol. The van der Waals surface area contributed by atoms with E-state index in [-0.39, 0.29) is 0 Å². The van der Waals surface area contributed by atoms with Gasteiger partial charge in [0.15, 0.2) is 0 Å². The molecule has 1 atom stereocenters. The van der Waals surface area contributed by atoms with E-state index in [2.05, 4.69) is 32.8 Å². The van der Waals surface area contributed by atoms with Crippen LogP contribution in [0.4, 0.5) is 0 Å². The number of H-pyrrole nitrogens is 1. The maximum absolute atomic E-state index is 5.90. The molecule has 1 aromatic heterocycles. The number of rotatable bonds is 5. The molecule has 1 unspecified atom stereocenters. The molecule has 0 radical (unpaired) electrons. The third-order valence-corrected chi connectivity index (χ3v) is 4.89. The molecule has 0 aliphatic heterocycles. The van der Waals surface area contributed by atoms with Gasteiger partial charge in [-0.25, -0.2) is 4.98 Å². The Balaban J connectivity index is 2.61. The zero-order valence-corrected chi connectivity index (χ0v) is 14.8. The summed E-state index contributed by atoms with van der Waals surface area (Å²) in [6, 6.07) is 10.1. The minimum Gasteiger partial charge on any atom is -0.368 e. The van der Waals surface area contributed by atoms with Crippen LogP contribution in [0.2, 0.25) is 0 Å². The number of hydrogen-bond donors (Lipinski definition) is 1. The van der Waals surface area contributed by atoms with Gasteiger partial charge in [-0.1, -0.05) is 49.5 Å². The molecule has 2 rings (SSSR count). The van der Waals surface area contributed by atoms with Gasteiger partial charge in [-0.2, -0.15) is 0 Å². The van der Waals surface area contributed by atoms with Crippen molar-refractivity contribution in [3.05, 3.63) is 45.3 Å².